The van der Waals surface area contributed by atoms with Crippen molar-refractivity contribution >= 4 is 27.8 Å². The molecule has 0 radical (unpaired) electrons. The molecule has 0 aliphatic heterocycles. The Hall–Kier alpha value is -2.28. The number of esters is 1. The Balaban J connectivity index is 1.84. The van der Waals surface area contributed by atoms with E-state index in [0.29, 0.717) is 6.07 Å². The number of nitrogens with one attached hydrogen (secondary N) is 1. The predicted octanol–water partition coefficient (Wildman–Crippen LogP) is 3.20. The average Bonchev–Trinajstić information content (AvgIpc) is 2.52. The molecule has 0 aliphatic carbocycles. The summed E-state index contributed by atoms with van der Waals surface area (Å²) in [6.45, 7) is -0.303. The first-order chi connectivity index (χ1) is 11.0. The topological polar surface area (TPSA) is 55.4 Å². The summed E-state index contributed by atoms with van der Waals surface area (Å²) in [5.41, 5.74) is 0.432. The van der Waals surface area contributed by atoms with Crippen LogP contribution in [0.4, 0.5) is 8.78 Å². The van der Waals surface area contributed by atoms with Crippen LogP contribution in [0.5, 0.6) is 0 Å². The van der Waals surface area contributed by atoms with Gasteiger partial charge in [0, 0.05) is 17.1 Å². The molecule has 0 heterocycles. The third kappa shape index (κ3) is 4.85. The van der Waals surface area contributed by atoms with Gasteiger partial charge in [0.15, 0.2) is 6.61 Å². The normalized spacial score (nSPS) is 10.2. The molecule has 0 fully saturated rings. The van der Waals surface area contributed by atoms with Crippen molar-refractivity contribution in [2.24, 2.45) is 0 Å². The summed E-state index contributed by atoms with van der Waals surface area (Å²) >= 11 is 3.34. The fourth-order valence-corrected chi connectivity index (χ4v) is 2.18. The van der Waals surface area contributed by atoms with Crippen molar-refractivity contribution in [3.05, 3.63) is 69.7 Å². The molecule has 0 bridgehead atoms. The Labute approximate surface area is 139 Å². The highest BCUT2D eigenvalue weighted by Gasteiger charge is 2.15. The third-order valence-electron chi connectivity index (χ3n) is 2.92. The van der Waals surface area contributed by atoms with Crippen LogP contribution in [0.1, 0.15) is 15.9 Å². The smallest absolute Gasteiger partial charge is 0.341 e. The number of rotatable bonds is 5. The molecule has 0 aliphatic rings. The molecule has 120 valence electrons. The Morgan fingerprint density at radius 1 is 1.13 bits per heavy atom. The van der Waals surface area contributed by atoms with Crippen LogP contribution < -0.4 is 5.32 Å². The molecule has 23 heavy (non-hydrogen) atoms. The lowest BCUT2D eigenvalue weighted by molar-refractivity contribution is -0.124. The van der Waals surface area contributed by atoms with Crippen LogP contribution in [0.3, 0.4) is 0 Å². The molecular formula is C16H12BrF2NO3. The van der Waals surface area contributed by atoms with Crippen molar-refractivity contribution in [3.63, 3.8) is 0 Å². The highest BCUT2D eigenvalue weighted by Crippen LogP contribution is 2.15. The number of carbonyl (C=O) groups is 2. The molecule has 2 aromatic rings. The van der Waals surface area contributed by atoms with Gasteiger partial charge in [-0.25, -0.2) is 13.6 Å². The van der Waals surface area contributed by atoms with E-state index in [0.717, 1.165) is 22.2 Å². The fourth-order valence-electron chi connectivity index (χ4n) is 1.75. The van der Waals surface area contributed by atoms with Crippen molar-refractivity contribution in [2.75, 3.05) is 6.61 Å². The van der Waals surface area contributed by atoms with E-state index in [1.807, 2.05) is 24.3 Å². The maximum absolute atomic E-state index is 13.4. The third-order valence-corrected chi connectivity index (χ3v) is 3.69. The molecule has 0 unspecified atom stereocenters. The largest absolute Gasteiger partial charge is 0.452 e. The van der Waals surface area contributed by atoms with Gasteiger partial charge in [0.1, 0.15) is 11.6 Å². The van der Waals surface area contributed by atoms with E-state index in [4.69, 9.17) is 4.74 Å². The monoisotopic (exact) mass is 383 g/mol. The number of carbonyl (C=O) groups excluding carboxylic acids is 2. The summed E-state index contributed by atoms with van der Waals surface area (Å²) in [5, 5.41) is 2.57. The van der Waals surface area contributed by atoms with E-state index in [1.54, 1.807) is 0 Å². The second-order valence-electron chi connectivity index (χ2n) is 4.57. The lowest BCUT2D eigenvalue weighted by Crippen LogP contribution is -2.28. The van der Waals surface area contributed by atoms with Crippen LogP contribution in [0, 0.1) is 11.6 Å². The quantitative estimate of drug-likeness (QED) is 0.806. The average molecular weight is 384 g/mol. The zero-order valence-corrected chi connectivity index (χ0v) is 13.4. The minimum atomic E-state index is -1.04. The first kappa shape index (κ1) is 17.1. The first-order valence-electron chi connectivity index (χ1n) is 6.59. The minimum Gasteiger partial charge on any atom is -0.452 e. The summed E-state index contributed by atoms with van der Waals surface area (Å²) in [7, 11) is 0. The maximum Gasteiger partial charge on any atom is 0.341 e. The Bertz CT molecular complexity index is 737. The molecule has 1 amide bonds. The van der Waals surface area contributed by atoms with Crippen LogP contribution in [0.2, 0.25) is 0 Å². The Kier molecular flexibility index (Phi) is 5.81. The summed E-state index contributed by atoms with van der Waals surface area (Å²) < 4.78 is 31.7. The Morgan fingerprint density at radius 2 is 1.87 bits per heavy atom. The van der Waals surface area contributed by atoms with E-state index < -0.39 is 35.7 Å². The second-order valence-corrected chi connectivity index (χ2v) is 5.42. The van der Waals surface area contributed by atoms with Gasteiger partial charge in [-0.05, 0) is 23.8 Å². The van der Waals surface area contributed by atoms with Crippen molar-refractivity contribution in [2.45, 2.75) is 6.54 Å². The van der Waals surface area contributed by atoms with E-state index in [1.165, 1.54) is 0 Å². The van der Waals surface area contributed by atoms with Gasteiger partial charge in [-0.2, -0.15) is 0 Å². The molecule has 2 rings (SSSR count). The van der Waals surface area contributed by atoms with E-state index in [9.17, 15) is 18.4 Å². The van der Waals surface area contributed by atoms with Crippen molar-refractivity contribution in [1.29, 1.82) is 0 Å². The van der Waals surface area contributed by atoms with Gasteiger partial charge in [-0.1, -0.05) is 34.1 Å². The van der Waals surface area contributed by atoms with E-state index in [-0.39, 0.29) is 6.54 Å². The zero-order valence-electron chi connectivity index (χ0n) is 11.8. The summed E-state index contributed by atoms with van der Waals surface area (Å²) in [6, 6.07) is 9.79. The number of halogens is 3. The SMILES string of the molecule is O=C(COC(=O)c1ccc(F)cc1F)NCc1ccccc1Br. The fraction of sp³-hybridized carbons (Fsp3) is 0.125. The highest BCUT2D eigenvalue weighted by atomic mass is 79.9. The zero-order chi connectivity index (χ0) is 16.8. The number of benzene rings is 2. The van der Waals surface area contributed by atoms with Gasteiger partial charge in [0.05, 0.1) is 5.56 Å². The standard InChI is InChI=1S/C16H12BrF2NO3/c17-13-4-2-1-3-10(13)8-20-15(21)9-23-16(22)12-6-5-11(18)7-14(12)19/h1-7H,8-9H2,(H,20,21). The molecule has 0 spiro atoms. The molecule has 7 heteroatoms. The van der Waals surface area contributed by atoms with Crippen LogP contribution in [-0.4, -0.2) is 18.5 Å². The minimum absolute atomic E-state index is 0.253. The number of hydrogen-bond donors (Lipinski definition) is 1. The molecule has 0 aromatic heterocycles. The maximum atomic E-state index is 13.4. The van der Waals surface area contributed by atoms with Crippen molar-refractivity contribution < 1.29 is 23.1 Å². The van der Waals surface area contributed by atoms with Gasteiger partial charge in [-0.3, -0.25) is 4.79 Å². The van der Waals surface area contributed by atoms with Crippen LogP contribution in [0.25, 0.3) is 0 Å². The molecule has 0 saturated heterocycles. The lowest BCUT2D eigenvalue weighted by Gasteiger charge is -2.08. The van der Waals surface area contributed by atoms with Gasteiger partial charge in [0.2, 0.25) is 0 Å². The summed E-state index contributed by atoms with van der Waals surface area (Å²) in [4.78, 5) is 23.3. The van der Waals surface area contributed by atoms with Crippen molar-refractivity contribution in [3.8, 4) is 0 Å². The van der Waals surface area contributed by atoms with E-state index in [2.05, 4.69) is 21.2 Å². The van der Waals surface area contributed by atoms with Crippen LogP contribution >= 0.6 is 15.9 Å². The van der Waals surface area contributed by atoms with Crippen molar-refractivity contribution in [1.82, 2.24) is 5.32 Å². The number of ether oxygens (including phenoxy) is 1. The highest BCUT2D eigenvalue weighted by molar-refractivity contribution is 9.10. The summed E-state index contributed by atoms with van der Waals surface area (Å²) in [5.74, 6) is -3.40. The predicted molar refractivity (Wildman–Crippen MR) is 82.6 cm³/mol. The Morgan fingerprint density at radius 3 is 2.57 bits per heavy atom. The number of amides is 1. The van der Waals surface area contributed by atoms with Crippen LogP contribution in [-0.2, 0) is 16.1 Å². The van der Waals surface area contributed by atoms with Gasteiger partial charge in [-0.15, -0.1) is 0 Å². The lowest BCUT2D eigenvalue weighted by atomic mass is 10.2. The van der Waals surface area contributed by atoms with Gasteiger partial charge < -0.3 is 10.1 Å². The van der Waals surface area contributed by atoms with Crippen LogP contribution in [0.15, 0.2) is 46.9 Å². The van der Waals surface area contributed by atoms with Gasteiger partial charge >= 0.3 is 5.97 Å². The van der Waals surface area contributed by atoms with E-state index >= 15 is 0 Å². The first-order valence-corrected chi connectivity index (χ1v) is 7.39. The molecule has 0 saturated carbocycles. The molecule has 2 aromatic carbocycles. The molecule has 4 nitrogen and oxygen atoms in total. The molecule has 0 atom stereocenters. The van der Waals surface area contributed by atoms with Gasteiger partial charge in [0.25, 0.3) is 5.91 Å². The second kappa shape index (κ2) is 7.82. The molecule has 1 N–H and O–H groups in total. The number of hydrogen-bond acceptors (Lipinski definition) is 3. The molecular weight excluding hydrogens is 372 g/mol. The summed E-state index contributed by atoms with van der Waals surface area (Å²) in [6.07, 6.45) is 0.